The van der Waals surface area contributed by atoms with Crippen LogP contribution in [0.4, 0.5) is 10.5 Å². The van der Waals surface area contributed by atoms with Crippen LogP contribution in [0.25, 0.3) is 0 Å². The molecule has 0 atom stereocenters. The number of carbonyl (C=O) groups excluding carboxylic acids is 1. The highest BCUT2D eigenvalue weighted by atomic mass is 35.5. The fourth-order valence-electron chi connectivity index (χ4n) is 1.56. The van der Waals surface area contributed by atoms with Gasteiger partial charge in [0, 0.05) is 5.69 Å². The van der Waals surface area contributed by atoms with Crippen molar-refractivity contribution in [3.8, 4) is 5.75 Å². The van der Waals surface area contributed by atoms with Gasteiger partial charge in [-0.3, -0.25) is 5.32 Å². The molecule has 0 saturated heterocycles. The number of carbonyl (C=O) groups is 1. The molecule has 0 aliphatic carbocycles. The van der Waals surface area contributed by atoms with Gasteiger partial charge in [-0.15, -0.1) is 11.3 Å². The number of rotatable bonds is 4. The summed E-state index contributed by atoms with van der Waals surface area (Å²) in [7, 11) is 1.31. The molecule has 0 radical (unpaired) electrons. The lowest BCUT2D eigenvalue weighted by molar-refractivity contribution is 0.187. The van der Waals surface area contributed by atoms with Crippen LogP contribution in [0.15, 0.2) is 18.2 Å². The number of hydrogen-bond acceptors (Lipinski definition) is 5. The van der Waals surface area contributed by atoms with Crippen LogP contribution in [-0.4, -0.2) is 18.2 Å². The van der Waals surface area contributed by atoms with Crippen molar-refractivity contribution in [2.45, 2.75) is 13.5 Å². The third-order valence-electron chi connectivity index (χ3n) is 2.57. The Kier molecular flexibility index (Phi) is 5.27. The molecule has 1 heterocycles. The van der Waals surface area contributed by atoms with Crippen LogP contribution < -0.4 is 10.1 Å². The summed E-state index contributed by atoms with van der Waals surface area (Å²) in [5, 5.41) is 3.59. The molecule has 0 saturated carbocycles. The predicted molar refractivity (Wildman–Crippen MR) is 83.7 cm³/mol. The highest BCUT2D eigenvalue weighted by Crippen LogP contribution is 2.29. The zero-order chi connectivity index (χ0) is 15.4. The van der Waals surface area contributed by atoms with E-state index in [0.29, 0.717) is 20.8 Å². The van der Waals surface area contributed by atoms with Crippen molar-refractivity contribution in [3.63, 3.8) is 0 Å². The third-order valence-corrected chi connectivity index (χ3v) is 4.28. The number of hydrogen-bond donors (Lipinski definition) is 1. The molecule has 0 aliphatic heterocycles. The van der Waals surface area contributed by atoms with Crippen molar-refractivity contribution < 1.29 is 14.3 Å². The van der Waals surface area contributed by atoms with E-state index < -0.39 is 6.09 Å². The molecule has 0 fully saturated rings. The number of halogens is 2. The number of ether oxygens (including phenoxy) is 2. The first-order valence-electron chi connectivity index (χ1n) is 5.88. The number of methoxy groups -OCH3 is 1. The van der Waals surface area contributed by atoms with Gasteiger partial charge in [0.15, 0.2) is 5.15 Å². The Balaban J connectivity index is 2.01. The molecule has 5 nitrogen and oxygen atoms in total. The lowest BCUT2D eigenvalue weighted by Gasteiger charge is -2.10. The number of anilines is 1. The van der Waals surface area contributed by atoms with Crippen molar-refractivity contribution in [1.29, 1.82) is 0 Å². The molecule has 0 bridgehead atoms. The molecule has 8 heteroatoms. The largest absolute Gasteiger partial charge is 0.486 e. The summed E-state index contributed by atoms with van der Waals surface area (Å²) in [6, 6.07) is 5.29. The Labute approximate surface area is 135 Å². The quantitative estimate of drug-likeness (QED) is 0.884. The van der Waals surface area contributed by atoms with Gasteiger partial charge in [0.1, 0.15) is 21.7 Å². The van der Waals surface area contributed by atoms with Crippen molar-refractivity contribution in [2.24, 2.45) is 0 Å². The smallest absolute Gasteiger partial charge is 0.411 e. The van der Waals surface area contributed by atoms with Gasteiger partial charge in [-0.2, -0.15) is 0 Å². The first-order valence-corrected chi connectivity index (χ1v) is 7.46. The van der Waals surface area contributed by atoms with Crippen molar-refractivity contribution in [2.75, 3.05) is 12.4 Å². The van der Waals surface area contributed by atoms with E-state index in [1.807, 2.05) is 13.0 Å². The molecular formula is C13H12Cl2N2O3S. The normalized spacial score (nSPS) is 10.3. The van der Waals surface area contributed by atoms with Gasteiger partial charge in [-0.1, -0.05) is 23.2 Å². The summed E-state index contributed by atoms with van der Waals surface area (Å²) in [5.41, 5.74) is 1.52. The molecule has 1 N–H and O–H groups in total. The number of nitrogens with zero attached hydrogens (tertiary/aromatic N) is 1. The fourth-order valence-corrected chi connectivity index (χ4v) is 2.72. The summed E-state index contributed by atoms with van der Waals surface area (Å²) in [4.78, 5) is 15.2. The molecule has 0 spiro atoms. The first-order chi connectivity index (χ1) is 9.99. The van der Waals surface area contributed by atoms with Gasteiger partial charge in [0.2, 0.25) is 0 Å². The van der Waals surface area contributed by atoms with Crippen LogP contribution in [0, 0.1) is 6.92 Å². The van der Waals surface area contributed by atoms with Gasteiger partial charge >= 0.3 is 6.09 Å². The average molecular weight is 347 g/mol. The molecule has 1 aromatic carbocycles. The SMILES string of the molecule is COC(=O)Nc1ccc(OCc2nc(Cl)c(Cl)s2)cc1C. The Morgan fingerprint density at radius 1 is 1.43 bits per heavy atom. The maximum absolute atomic E-state index is 11.2. The maximum atomic E-state index is 11.2. The molecule has 2 rings (SSSR count). The van der Waals surface area contributed by atoms with E-state index in [1.165, 1.54) is 18.4 Å². The minimum atomic E-state index is -0.515. The van der Waals surface area contributed by atoms with E-state index in [0.717, 1.165) is 5.56 Å². The summed E-state index contributed by atoms with van der Waals surface area (Å²) in [6.07, 6.45) is -0.515. The lowest BCUT2D eigenvalue weighted by Crippen LogP contribution is -2.11. The highest BCUT2D eigenvalue weighted by molar-refractivity contribution is 7.16. The predicted octanol–water partition coefficient (Wildman–Crippen LogP) is 4.52. The van der Waals surface area contributed by atoms with E-state index in [-0.39, 0.29) is 11.8 Å². The Morgan fingerprint density at radius 2 is 2.19 bits per heavy atom. The zero-order valence-electron chi connectivity index (χ0n) is 11.3. The van der Waals surface area contributed by atoms with Crippen LogP contribution in [0.1, 0.15) is 10.6 Å². The summed E-state index contributed by atoms with van der Waals surface area (Å²) in [5.74, 6) is 0.658. The third kappa shape index (κ3) is 4.23. The minimum absolute atomic E-state index is 0.278. The summed E-state index contributed by atoms with van der Waals surface area (Å²) < 4.78 is 10.6. The topological polar surface area (TPSA) is 60.5 Å². The molecular weight excluding hydrogens is 335 g/mol. The van der Waals surface area contributed by atoms with Crippen LogP contribution in [0.5, 0.6) is 5.75 Å². The molecule has 112 valence electrons. The van der Waals surface area contributed by atoms with E-state index in [4.69, 9.17) is 27.9 Å². The Morgan fingerprint density at radius 3 is 2.76 bits per heavy atom. The number of aryl methyl sites for hydroxylation is 1. The van der Waals surface area contributed by atoms with Crippen LogP contribution in [0.2, 0.25) is 9.49 Å². The second kappa shape index (κ2) is 6.98. The number of amides is 1. The number of nitrogens with one attached hydrogen (secondary N) is 1. The van der Waals surface area contributed by atoms with E-state index >= 15 is 0 Å². The van der Waals surface area contributed by atoms with E-state index in [2.05, 4.69) is 15.0 Å². The highest BCUT2D eigenvalue weighted by Gasteiger charge is 2.09. The van der Waals surface area contributed by atoms with Gasteiger partial charge < -0.3 is 9.47 Å². The van der Waals surface area contributed by atoms with Gasteiger partial charge in [-0.05, 0) is 30.7 Å². The lowest BCUT2D eigenvalue weighted by atomic mass is 10.2. The molecule has 1 aromatic heterocycles. The zero-order valence-corrected chi connectivity index (χ0v) is 13.6. The maximum Gasteiger partial charge on any atom is 0.411 e. The van der Waals surface area contributed by atoms with Crippen LogP contribution in [0.3, 0.4) is 0 Å². The van der Waals surface area contributed by atoms with Gasteiger partial charge in [0.05, 0.1) is 7.11 Å². The molecule has 0 aliphatic rings. The first kappa shape index (κ1) is 15.9. The van der Waals surface area contributed by atoms with Crippen molar-refractivity contribution in [3.05, 3.63) is 38.3 Å². The molecule has 2 aromatic rings. The number of aromatic nitrogens is 1. The standard InChI is InChI=1S/C13H12Cl2N2O3S/c1-7-5-8(3-4-9(7)16-13(18)19-2)20-6-10-17-11(14)12(15)21-10/h3-5H,6H2,1-2H3,(H,16,18). The molecule has 21 heavy (non-hydrogen) atoms. The summed E-state index contributed by atoms with van der Waals surface area (Å²) in [6.45, 7) is 2.13. The number of benzene rings is 1. The second-order valence-electron chi connectivity index (χ2n) is 4.05. The van der Waals surface area contributed by atoms with E-state index in [9.17, 15) is 4.79 Å². The minimum Gasteiger partial charge on any atom is -0.486 e. The monoisotopic (exact) mass is 346 g/mol. The average Bonchev–Trinajstić information content (AvgIpc) is 2.78. The second-order valence-corrected chi connectivity index (χ2v) is 6.10. The van der Waals surface area contributed by atoms with Crippen molar-refractivity contribution >= 4 is 46.3 Å². The fraction of sp³-hybridized carbons (Fsp3) is 0.231. The van der Waals surface area contributed by atoms with Gasteiger partial charge in [-0.25, -0.2) is 9.78 Å². The molecule has 1 amide bonds. The number of thiazole rings is 1. The molecule has 0 unspecified atom stereocenters. The van der Waals surface area contributed by atoms with Crippen LogP contribution >= 0.6 is 34.5 Å². The van der Waals surface area contributed by atoms with Gasteiger partial charge in [0.25, 0.3) is 0 Å². The van der Waals surface area contributed by atoms with Crippen molar-refractivity contribution in [1.82, 2.24) is 4.98 Å². The summed E-state index contributed by atoms with van der Waals surface area (Å²) >= 11 is 12.9. The van der Waals surface area contributed by atoms with Crippen LogP contribution in [-0.2, 0) is 11.3 Å². The Bertz CT molecular complexity index is 641. The van der Waals surface area contributed by atoms with E-state index in [1.54, 1.807) is 12.1 Å². The Hall–Kier alpha value is -1.50.